The predicted octanol–water partition coefficient (Wildman–Crippen LogP) is 0.774. The SMILES string of the molecule is Cc1ccc(NC(=O)[C@@H](C)OC(=O)C2=CCC(=O)NN2)cc1. The van der Waals surface area contributed by atoms with Gasteiger partial charge in [0, 0.05) is 12.1 Å². The van der Waals surface area contributed by atoms with E-state index in [0.717, 1.165) is 5.56 Å². The zero-order valence-corrected chi connectivity index (χ0v) is 12.3. The average Bonchev–Trinajstić information content (AvgIpc) is 2.50. The van der Waals surface area contributed by atoms with Crippen LogP contribution in [-0.4, -0.2) is 23.9 Å². The minimum Gasteiger partial charge on any atom is -0.448 e. The van der Waals surface area contributed by atoms with E-state index in [2.05, 4.69) is 16.2 Å². The molecule has 0 saturated heterocycles. The Balaban J connectivity index is 1.89. The van der Waals surface area contributed by atoms with Crippen molar-refractivity contribution in [2.24, 2.45) is 0 Å². The van der Waals surface area contributed by atoms with Crippen LogP contribution in [0.1, 0.15) is 18.9 Å². The summed E-state index contributed by atoms with van der Waals surface area (Å²) in [4.78, 5) is 34.8. The molecule has 1 aliphatic rings. The summed E-state index contributed by atoms with van der Waals surface area (Å²) in [6.07, 6.45) is 0.529. The fourth-order valence-electron chi connectivity index (χ4n) is 1.73. The molecular weight excluding hydrogens is 286 g/mol. The molecule has 0 fully saturated rings. The van der Waals surface area contributed by atoms with Gasteiger partial charge in [0.25, 0.3) is 5.91 Å². The van der Waals surface area contributed by atoms with Gasteiger partial charge in [-0.3, -0.25) is 20.4 Å². The van der Waals surface area contributed by atoms with Crippen LogP contribution in [0.3, 0.4) is 0 Å². The van der Waals surface area contributed by atoms with E-state index in [-0.39, 0.29) is 18.0 Å². The lowest BCUT2D eigenvalue weighted by molar-refractivity contribution is -0.149. The van der Waals surface area contributed by atoms with Crippen molar-refractivity contribution in [2.75, 3.05) is 5.32 Å². The number of hydrogen-bond donors (Lipinski definition) is 3. The molecule has 0 aliphatic carbocycles. The molecule has 1 atom stereocenters. The van der Waals surface area contributed by atoms with E-state index in [1.165, 1.54) is 13.0 Å². The van der Waals surface area contributed by atoms with Crippen molar-refractivity contribution < 1.29 is 19.1 Å². The lowest BCUT2D eigenvalue weighted by atomic mass is 10.2. The van der Waals surface area contributed by atoms with Gasteiger partial charge in [0.1, 0.15) is 5.70 Å². The van der Waals surface area contributed by atoms with Crippen LogP contribution >= 0.6 is 0 Å². The zero-order chi connectivity index (χ0) is 16.1. The highest BCUT2D eigenvalue weighted by atomic mass is 16.5. The summed E-state index contributed by atoms with van der Waals surface area (Å²) in [6, 6.07) is 7.27. The van der Waals surface area contributed by atoms with E-state index in [0.29, 0.717) is 5.69 Å². The third-order valence-electron chi connectivity index (χ3n) is 3.02. The number of hydrazine groups is 1. The van der Waals surface area contributed by atoms with Crippen molar-refractivity contribution in [2.45, 2.75) is 26.4 Å². The number of carbonyl (C=O) groups is 3. The number of benzene rings is 1. The minimum absolute atomic E-state index is 0.0847. The van der Waals surface area contributed by atoms with Crippen molar-refractivity contribution in [3.8, 4) is 0 Å². The Hall–Kier alpha value is -2.83. The van der Waals surface area contributed by atoms with Gasteiger partial charge in [-0.1, -0.05) is 17.7 Å². The van der Waals surface area contributed by atoms with E-state index in [4.69, 9.17) is 4.74 Å². The molecule has 0 radical (unpaired) electrons. The first kappa shape index (κ1) is 15.6. The molecule has 3 N–H and O–H groups in total. The number of anilines is 1. The Morgan fingerprint density at radius 3 is 2.50 bits per heavy atom. The maximum atomic E-state index is 12.0. The van der Waals surface area contributed by atoms with Crippen molar-refractivity contribution in [3.63, 3.8) is 0 Å². The lowest BCUT2D eigenvalue weighted by Gasteiger charge is -2.18. The number of amides is 2. The summed E-state index contributed by atoms with van der Waals surface area (Å²) in [7, 11) is 0. The van der Waals surface area contributed by atoms with Gasteiger partial charge in [0.05, 0.1) is 0 Å². The molecule has 116 valence electrons. The molecule has 0 spiro atoms. The fourth-order valence-corrected chi connectivity index (χ4v) is 1.73. The quantitative estimate of drug-likeness (QED) is 0.714. The summed E-state index contributed by atoms with van der Waals surface area (Å²) < 4.78 is 5.05. The van der Waals surface area contributed by atoms with Crippen LogP contribution in [0.4, 0.5) is 5.69 Å². The second kappa shape index (κ2) is 6.75. The van der Waals surface area contributed by atoms with Gasteiger partial charge in [-0.05, 0) is 32.1 Å². The maximum absolute atomic E-state index is 12.0. The molecule has 1 aromatic carbocycles. The molecule has 1 aliphatic heterocycles. The van der Waals surface area contributed by atoms with E-state index >= 15 is 0 Å². The van der Waals surface area contributed by atoms with Crippen LogP contribution in [0.25, 0.3) is 0 Å². The highest BCUT2D eigenvalue weighted by Gasteiger charge is 2.22. The van der Waals surface area contributed by atoms with Crippen LogP contribution in [0, 0.1) is 6.92 Å². The zero-order valence-electron chi connectivity index (χ0n) is 12.3. The van der Waals surface area contributed by atoms with Crippen LogP contribution in [-0.2, 0) is 19.1 Å². The first-order valence-corrected chi connectivity index (χ1v) is 6.79. The van der Waals surface area contributed by atoms with Crippen molar-refractivity contribution in [1.82, 2.24) is 10.9 Å². The summed E-state index contributed by atoms with van der Waals surface area (Å²) in [5.41, 5.74) is 6.54. The molecule has 2 rings (SSSR count). The molecule has 0 unspecified atom stereocenters. The molecule has 1 aromatic rings. The average molecular weight is 303 g/mol. The number of esters is 1. The molecule has 7 nitrogen and oxygen atoms in total. The highest BCUT2D eigenvalue weighted by Crippen LogP contribution is 2.10. The second-order valence-corrected chi connectivity index (χ2v) is 4.90. The number of nitrogens with one attached hydrogen (secondary N) is 3. The second-order valence-electron chi connectivity index (χ2n) is 4.90. The first-order chi connectivity index (χ1) is 10.5. The Bertz CT molecular complexity index is 622. The number of rotatable bonds is 4. The maximum Gasteiger partial charge on any atom is 0.356 e. The minimum atomic E-state index is -0.964. The number of ether oxygens (including phenoxy) is 1. The van der Waals surface area contributed by atoms with E-state index in [9.17, 15) is 14.4 Å². The van der Waals surface area contributed by atoms with Crippen LogP contribution in [0.2, 0.25) is 0 Å². The summed E-state index contributed by atoms with van der Waals surface area (Å²) in [5, 5.41) is 2.66. The van der Waals surface area contributed by atoms with Gasteiger partial charge in [-0.15, -0.1) is 0 Å². The third-order valence-corrected chi connectivity index (χ3v) is 3.02. The fraction of sp³-hybridized carbons (Fsp3) is 0.267. The topological polar surface area (TPSA) is 96.5 Å². The highest BCUT2D eigenvalue weighted by molar-refractivity contribution is 5.97. The normalized spacial score (nSPS) is 15.0. The monoisotopic (exact) mass is 303 g/mol. The van der Waals surface area contributed by atoms with Gasteiger partial charge in [0.15, 0.2) is 6.10 Å². The van der Waals surface area contributed by atoms with Gasteiger partial charge in [-0.25, -0.2) is 4.79 Å². The molecule has 0 aromatic heterocycles. The van der Waals surface area contributed by atoms with Crippen molar-refractivity contribution in [3.05, 3.63) is 41.6 Å². The third kappa shape index (κ3) is 4.08. The van der Waals surface area contributed by atoms with Gasteiger partial charge >= 0.3 is 5.97 Å². The smallest absolute Gasteiger partial charge is 0.356 e. The predicted molar refractivity (Wildman–Crippen MR) is 79.3 cm³/mol. The van der Waals surface area contributed by atoms with Crippen LogP contribution in [0.15, 0.2) is 36.0 Å². The number of hydrogen-bond acceptors (Lipinski definition) is 5. The summed E-state index contributed by atoms with van der Waals surface area (Å²) in [6.45, 7) is 3.42. The van der Waals surface area contributed by atoms with Crippen LogP contribution in [0.5, 0.6) is 0 Å². The summed E-state index contributed by atoms with van der Waals surface area (Å²) >= 11 is 0. The van der Waals surface area contributed by atoms with E-state index in [1.54, 1.807) is 12.1 Å². The summed E-state index contributed by atoms with van der Waals surface area (Å²) in [5.74, 6) is -1.38. The van der Waals surface area contributed by atoms with Gasteiger partial charge in [-0.2, -0.15) is 0 Å². The Morgan fingerprint density at radius 2 is 1.91 bits per heavy atom. The number of aryl methyl sites for hydroxylation is 1. The molecule has 0 saturated carbocycles. The Labute approximate surface area is 127 Å². The molecule has 22 heavy (non-hydrogen) atoms. The standard InChI is InChI=1S/C15H17N3O4/c1-9-3-5-11(6-4-9)16-14(20)10(2)22-15(21)12-7-8-13(19)18-17-12/h3-7,10,17H,8H2,1-2H3,(H,16,20)(H,18,19)/t10-/m1/s1. The van der Waals surface area contributed by atoms with Crippen LogP contribution < -0.4 is 16.2 Å². The van der Waals surface area contributed by atoms with Crippen molar-refractivity contribution >= 4 is 23.5 Å². The van der Waals surface area contributed by atoms with Gasteiger partial charge in [0.2, 0.25) is 5.91 Å². The molecule has 2 amide bonds. The molecule has 0 bridgehead atoms. The first-order valence-electron chi connectivity index (χ1n) is 6.79. The Kier molecular flexibility index (Phi) is 4.77. The van der Waals surface area contributed by atoms with E-state index < -0.39 is 18.0 Å². The largest absolute Gasteiger partial charge is 0.448 e. The van der Waals surface area contributed by atoms with E-state index in [1.807, 2.05) is 19.1 Å². The molecule has 7 heteroatoms. The molecule has 1 heterocycles. The molecular formula is C15H17N3O4. The van der Waals surface area contributed by atoms with Crippen molar-refractivity contribution in [1.29, 1.82) is 0 Å². The number of carbonyl (C=O) groups excluding carboxylic acids is 3. The Morgan fingerprint density at radius 1 is 1.23 bits per heavy atom. The lowest BCUT2D eigenvalue weighted by Crippen LogP contribution is -2.43. The van der Waals surface area contributed by atoms with Gasteiger partial charge < -0.3 is 10.1 Å².